The van der Waals surface area contributed by atoms with E-state index in [9.17, 15) is 18.8 Å². The topological polar surface area (TPSA) is 102 Å². The molecule has 0 aliphatic rings. The summed E-state index contributed by atoms with van der Waals surface area (Å²) in [5, 5.41) is 9.49. The van der Waals surface area contributed by atoms with Crippen molar-refractivity contribution in [1.29, 1.82) is 0 Å². The van der Waals surface area contributed by atoms with Gasteiger partial charge in [-0.25, -0.2) is 9.07 Å². The number of ether oxygens (including phenoxy) is 1. The largest absolute Gasteiger partial charge is 0.496 e. The standard InChI is InChI=1S/C21H19FN4O4/c1-13(27)23-15-4-6-16(7-5-15)24-20(28)12-26-21(29)10-9-18(25-26)17-8-3-14(22)11-19(17)30-2/h3-11H,12H2,1-2H3,(H,23,27)(H,24,28). The van der Waals surface area contributed by atoms with Gasteiger partial charge in [0.25, 0.3) is 5.56 Å². The van der Waals surface area contributed by atoms with E-state index < -0.39 is 17.3 Å². The molecule has 1 aromatic heterocycles. The first kappa shape index (κ1) is 20.7. The number of carbonyl (C=O) groups excluding carboxylic acids is 2. The molecule has 9 heteroatoms. The molecule has 2 N–H and O–H groups in total. The predicted molar refractivity (Wildman–Crippen MR) is 110 cm³/mol. The zero-order chi connectivity index (χ0) is 21.7. The van der Waals surface area contributed by atoms with Crippen molar-refractivity contribution < 1.29 is 18.7 Å². The SMILES string of the molecule is COc1cc(F)ccc1-c1ccc(=O)n(CC(=O)Nc2ccc(NC(C)=O)cc2)n1. The van der Waals surface area contributed by atoms with Crippen molar-refractivity contribution in [3.05, 3.63) is 70.8 Å². The number of methoxy groups -OCH3 is 1. The van der Waals surface area contributed by atoms with E-state index in [-0.39, 0.29) is 18.2 Å². The number of halogens is 1. The van der Waals surface area contributed by atoms with Crippen molar-refractivity contribution >= 4 is 23.2 Å². The number of carbonyl (C=O) groups is 2. The second kappa shape index (κ2) is 8.99. The van der Waals surface area contributed by atoms with E-state index in [4.69, 9.17) is 4.74 Å². The van der Waals surface area contributed by atoms with Crippen molar-refractivity contribution in [1.82, 2.24) is 9.78 Å². The fourth-order valence-electron chi connectivity index (χ4n) is 2.76. The average Bonchev–Trinajstić information content (AvgIpc) is 2.70. The molecule has 154 valence electrons. The molecule has 0 saturated heterocycles. The maximum atomic E-state index is 13.4. The number of anilines is 2. The maximum absolute atomic E-state index is 13.4. The number of hydrogen-bond acceptors (Lipinski definition) is 5. The van der Waals surface area contributed by atoms with Crippen LogP contribution in [-0.4, -0.2) is 28.7 Å². The number of hydrogen-bond donors (Lipinski definition) is 2. The summed E-state index contributed by atoms with van der Waals surface area (Å²) in [5.74, 6) is -0.862. The fourth-order valence-corrected chi connectivity index (χ4v) is 2.76. The van der Waals surface area contributed by atoms with E-state index in [1.54, 1.807) is 24.3 Å². The summed E-state index contributed by atoms with van der Waals surface area (Å²) in [6.45, 7) is 1.08. The summed E-state index contributed by atoms with van der Waals surface area (Å²) in [7, 11) is 1.40. The molecule has 0 radical (unpaired) electrons. The molecule has 0 unspecified atom stereocenters. The zero-order valence-corrected chi connectivity index (χ0v) is 16.3. The van der Waals surface area contributed by atoms with Gasteiger partial charge in [-0.05, 0) is 42.5 Å². The van der Waals surface area contributed by atoms with Crippen LogP contribution in [0.1, 0.15) is 6.92 Å². The van der Waals surface area contributed by atoms with E-state index in [1.807, 2.05) is 0 Å². The summed E-state index contributed by atoms with van der Waals surface area (Å²) in [6, 6.07) is 13.2. The van der Waals surface area contributed by atoms with Crippen LogP contribution >= 0.6 is 0 Å². The van der Waals surface area contributed by atoms with Crippen molar-refractivity contribution in [2.45, 2.75) is 13.5 Å². The number of nitrogens with zero attached hydrogens (tertiary/aromatic N) is 2. The molecule has 2 amide bonds. The molecular formula is C21H19FN4O4. The van der Waals surface area contributed by atoms with Crippen LogP contribution in [-0.2, 0) is 16.1 Å². The van der Waals surface area contributed by atoms with E-state index >= 15 is 0 Å². The Labute approximate surface area is 171 Å². The highest BCUT2D eigenvalue weighted by atomic mass is 19.1. The molecule has 2 aromatic carbocycles. The third kappa shape index (κ3) is 5.07. The number of rotatable bonds is 6. The smallest absolute Gasteiger partial charge is 0.267 e. The normalized spacial score (nSPS) is 10.4. The molecule has 0 spiro atoms. The van der Waals surface area contributed by atoms with E-state index in [1.165, 1.54) is 44.4 Å². The lowest BCUT2D eigenvalue weighted by Gasteiger charge is -2.11. The molecule has 8 nitrogen and oxygen atoms in total. The number of nitrogens with one attached hydrogen (secondary N) is 2. The summed E-state index contributed by atoms with van der Waals surface area (Å²) < 4.78 is 19.6. The lowest BCUT2D eigenvalue weighted by Crippen LogP contribution is -2.29. The molecule has 3 aromatic rings. The van der Waals surface area contributed by atoms with Gasteiger partial charge in [0.2, 0.25) is 11.8 Å². The lowest BCUT2D eigenvalue weighted by atomic mass is 10.1. The minimum Gasteiger partial charge on any atom is -0.496 e. The average molecular weight is 410 g/mol. The number of amides is 2. The summed E-state index contributed by atoms with van der Waals surface area (Å²) in [6.07, 6.45) is 0. The maximum Gasteiger partial charge on any atom is 0.267 e. The predicted octanol–water partition coefficient (Wildman–Crippen LogP) is 2.66. The number of benzene rings is 2. The van der Waals surface area contributed by atoms with Crippen molar-refractivity contribution in [2.75, 3.05) is 17.7 Å². The molecule has 30 heavy (non-hydrogen) atoms. The summed E-state index contributed by atoms with van der Waals surface area (Å²) in [5.41, 5.74) is 1.48. The Balaban J connectivity index is 1.77. The van der Waals surface area contributed by atoms with Gasteiger partial charge in [0, 0.05) is 36.0 Å². The Morgan fingerprint density at radius 2 is 1.70 bits per heavy atom. The van der Waals surface area contributed by atoms with Gasteiger partial charge in [-0.2, -0.15) is 5.10 Å². The van der Waals surface area contributed by atoms with Gasteiger partial charge in [-0.1, -0.05) is 0 Å². The minimum absolute atomic E-state index is 0.199. The second-order valence-corrected chi connectivity index (χ2v) is 6.37. The minimum atomic E-state index is -0.465. The molecule has 0 saturated carbocycles. The van der Waals surface area contributed by atoms with E-state index in [2.05, 4.69) is 15.7 Å². The molecule has 0 aliphatic heterocycles. The monoisotopic (exact) mass is 410 g/mol. The summed E-state index contributed by atoms with van der Waals surface area (Å²) >= 11 is 0. The first-order valence-corrected chi connectivity index (χ1v) is 8.95. The molecule has 0 fully saturated rings. The van der Waals surface area contributed by atoms with E-state index in [0.29, 0.717) is 22.6 Å². The second-order valence-electron chi connectivity index (χ2n) is 6.37. The van der Waals surface area contributed by atoms with Crippen LogP contribution in [0.2, 0.25) is 0 Å². The summed E-state index contributed by atoms with van der Waals surface area (Å²) in [4.78, 5) is 35.5. The quantitative estimate of drug-likeness (QED) is 0.651. The van der Waals surface area contributed by atoms with Gasteiger partial charge in [0.15, 0.2) is 0 Å². The highest BCUT2D eigenvalue weighted by molar-refractivity contribution is 5.92. The van der Waals surface area contributed by atoms with Gasteiger partial charge in [0.1, 0.15) is 18.1 Å². The highest BCUT2D eigenvalue weighted by Crippen LogP contribution is 2.28. The highest BCUT2D eigenvalue weighted by Gasteiger charge is 2.12. The zero-order valence-electron chi connectivity index (χ0n) is 16.3. The van der Waals surface area contributed by atoms with Crippen LogP contribution < -0.4 is 20.9 Å². The van der Waals surface area contributed by atoms with Crippen LogP contribution in [0, 0.1) is 5.82 Å². The van der Waals surface area contributed by atoms with Crippen molar-refractivity contribution in [3.63, 3.8) is 0 Å². The van der Waals surface area contributed by atoms with Crippen LogP contribution in [0.3, 0.4) is 0 Å². The molecule has 1 heterocycles. The molecule has 0 aliphatic carbocycles. The Hall–Kier alpha value is -4.01. The van der Waals surface area contributed by atoms with Crippen LogP contribution in [0.15, 0.2) is 59.4 Å². The van der Waals surface area contributed by atoms with Crippen LogP contribution in [0.5, 0.6) is 5.75 Å². The lowest BCUT2D eigenvalue weighted by molar-refractivity contribution is -0.117. The molecule has 3 rings (SSSR count). The third-order valence-electron chi connectivity index (χ3n) is 4.09. The molecule has 0 bridgehead atoms. The fraction of sp³-hybridized carbons (Fsp3) is 0.143. The van der Waals surface area contributed by atoms with Gasteiger partial charge in [-0.15, -0.1) is 0 Å². The van der Waals surface area contributed by atoms with Crippen LogP contribution in [0.4, 0.5) is 15.8 Å². The first-order chi connectivity index (χ1) is 14.4. The Morgan fingerprint density at radius 3 is 2.33 bits per heavy atom. The molecule has 0 atom stereocenters. The Morgan fingerprint density at radius 1 is 1.03 bits per heavy atom. The van der Waals surface area contributed by atoms with Crippen molar-refractivity contribution in [2.24, 2.45) is 0 Å². The Kier molecular flexibility index (Phi) is 6.21. The Bertz CT molecular complexity index is 1140. The van der Waals surface area contributed by atoms with Crippen molar-refractivity contribution in [3.8, 4) is 17.0 Å². The van der Waals surface area contributed by atoms with Gasteiger partial charge >= 0.3 is 0 Å². The number of aromatic nitrogens is 2. The first-order valence-electron chi connectivity index (χ1n) is 8.95. The van der Waals surface area contributed by atoms with Gasteiger partial charge in [0.05, 0.1) is 12.8 Å². The van der Waals surface area contributed by atoms with E-state index in [0.717, 1.165) is 4.68 Å². The molecular weight excluding hydrogens is 391 g/mol. The van der Waals surface area contributed by atoms with Crippen LogP contribution in [0.25, 0.3) is 11.3 Å². The third-order valence-corrected chi connectivity index (χ3v) is 4.09. The van der Waals surface area contributed by atoms with Gasteiger partial charge < -0.3 is 15.4 Å². The van der Waals surface area contributed by atoms with Gasteiger partial charge in [-0.3, -0.25) is 14.4 Å².